The van der Waals surface area contributed by atoms with E-state index < -0.39 is 6.04 Å². The lowest BCUT2D eigenvalue weighted by molar-refractivity contribution is -0.129. The van der Waals surface area contributed by atoms with Crippen LogP contribution in [-0.4, -0.2) is 32.7 Å². The standard InChI is InChI=1S/C25H27ClN2O2.C9H5ClN2.C9H6N2/c1-16(24(29)12-7-17-13-21-22(26)10-11-23(21)27-15-17)28-25(30)20-9-8-19(14-20)18-5-3-2-4-6-18;10-8-1-2-9-7(8)3-6(4-11)5-12-9;10-5-7-4-8-2-1-3-9(8)11-6-7/h2-6,10,13,15-16,19-20H,7-9,11-12,14H2,1H3,(H,28,30);1,3,5H,2H2;1-2,4,6H,3H2/t16-,19+,20+;;/m0../s1. The molecule has 0 radical (unpaired) electrons. The highest BCUT2D eigenvalue weighted by Crippen LogP contribution is 2.38. The Balaban J connectivity index is 0.000000169. The van der Waals surface area contributed by atoms with Crippen LogP contribution in [0.5, 0.6) is 0 Å². The van der Waals surface area contributed by atoms with Gasteiger partial charge >= 0.3 is 0 Å². The molecule has 10 heteroatoms. The Kier molecular flexibility index (Phi) is 12.3. The van der Waals surface area contributed by atoms with Crippen molar-refractivity contribution in [2.45, 2.75) is 70.3 Å². The number of allylic oxidation sites excluding steroid dienone is 3. The highest BCUT2D eigenvalue weighted by molar-refractivity contribution is 6.49. The van der Waals surface area contributed by atoms with E-state index in [1.807, 2.05) is 60.8 Å². The zero-order valence-corrected chi connectivity index (χ0v) is 30.9. The summed E-state index contributed by atoms with van der Waals surface area (Å²) in [6.45, 7) is 1.78. The molecule has 0 saturated heterocycles. The van der Waals surface area contributed by atoms with Crippen LogP contribution in [0.4, 0.5) is 0 Å². The number of fused-ring (bicyclic) bond motifs is 3. The molecule has 53 heavy (non-hydrogen) atoms. The number of pyridine rings is 3. The summed E-state index contributed by atoms with van der Waals surface area (Å²) in [5.74, 6) is 0.468. The van der Waals surface area contributed by atoms with Gasteiger partial charge in [0.2, 0.25) is 5.91 Å². The second-order valence-corrected chi connectivity index (χ2v) is 14.3. The van der Waals surface area contributed by atoms with Crippen molar-refractivity contribution in [2.75, 3.05) is 0 Å². The number of hydrogen-bond donors (Lipinski definition) is 1. The summed E-state index contributed by atoms with van der Waals surface area (Å²) in [6, 6.07) is 19.6. The van der Waals surface area contributed by atoms with Gasteiger partial charge in [0.15, 0.2) is 5.78 Å². The summed E-state index contributed by atoms with van der Waals surface area (Å²) in [5, 5.41) is 21.5. The molecular formula is C43H38Cl2N6O2. The van der Waals surface area contributed by atoms with E-state index in [-0.39, 0.29) is 17.6 Å². The van der Waals surface area contributed by atoms with Crippen LogP contribution in [0.15, 0.2) is 85.3 Å². The number of aromatic nitrogens is 3. The van der Waals surface area contributed by atoms with Crippen LogP contribution in [0.3, 0.4) is 0 Å². The highest BCUT2D eigenvalue weighted by Gasteiger charge is 2.32. The lowest BCUT2D eigenvalue weighted by Gasteiger charge is -2.17. The summed E-state index contributed by atoms with van der Waals surface area (Å²) in [5.41, 5.74) is 9.46. The number of amides is 1. The number of ketones is 1. The van der Waals surface area contributed by atoms with Crippen molar-refractivity contribution in [1.29, 1.82) is 10.5 Å². The number of aryl methyl sites for hydroxylation is 1. The third-order valence-electron chi connectivity index (χ3n) is 9.91. The fourth-order valence-electron chi connectivity index (χ4n) is 6.89. The number of benzene rings is 1. The van der Waals surface area contributed by atoms with E-state index in [0.29, 0.717) is 34.9 Å². The van der Waals surface area contributed by atoms with Crippen molar-refractivity contribution in [3.05, 3.63) is 141 Å². The Morgan fingerprint density at radius 2 is 1.49 bits per heavy atom. The van der Waals surface area contributed by atoms with Crippen LogP contribution in [0.2, 0.25) is 0 Å². The van der Waals surface area contributed by atoms with Crippen molar-refractivity contribution in [3.63, 3.8) is 0 Å². The minimum absolute atomic E-state index is 0.00500. The summed E-state index contributed by atoms with van der Waals surface area (Å²) in [6.07, 6.45) is 19.1. The van der Waals surface area contributed by atoms with Crippen LogP contribution in [0.25, 0.3) is 16.1 Å². The van der Waals surface area contributed by atoms with Crippen LogP contribution in [-0.2, 0) is 35.3 Å². The van der Waals surface area contributed by atoms with Gasteiger partial charge < -0.3 is 5.32 Å². The first-order chi connectivity index (χ1) is 25.7. The molecule has 4 aliphatic carbocycles. The maximum atomic E-state index is 12.7. The summed E-state index contributed by atoms with van der Waals surface area (Å²) in [4.78, 5) is 38.0. The quantitative estimate of drug-likeness (QED) is 0.201. The molecular weight excluding hydrogens is 703 g/mol. The predicted octanol–water partition coefficient (Wildman–Crippen LogP) is 8.42. The van der Waals surface area contributed by atoms with E-state index >= 15 is 0 Å². The van der Waals surface area contributed by atoms with Crippen molar-refractivity contribution >= 4 is 51.0 Å². The van der Waals surface area contributed by atoms with E-state index in [1.165, 1.54) is 5.56 Å². The molecule has 0 spiro atoms. The number of nitrogens with one attached hydrogen (secondary N) is 1. The zero-order chi connectivity index (χ0) is 37.3. The molecule has 1 fully saturated rings. The lowest BCUT2D eigenvalue weighted by atomic mass is 9.96. The highest BCUT2D eigenvalue weighted by atomic mass is 35.5. The van der Waals surface area contributed by atoms with Crippen LogP contribution < -0.4 is 5.32 Å². The summed E-state index contributed by atoms with van der Waals surface area (Å²) in [7, 11) is 0. The molecule has 1 amide bonds. The Bertz CT molecular complexity index is 2200. The molecule has 3 aromatic heterocycles. The van der Waals surface area contributed by atoms with Gasteiger partial charge in [-0.2, -0.15) is 10.5 Å². The molecule has 1 saturated carbocycles. The van der Waals surface area contributed by atoms with Crippen molar-refractivity contribution < 1.29 is 9.59 Å². The number of halogens is 2. The number of nitrogens with zero attached hydrogens (tertiary/aromatic N) is 5. The largest absolute Gasteiger partial charge is 0.346 e. The Morgan fingerprint density at radius 1 is 0.849 bits per heavy atom. The van der Waals surface area contributed by atoms with Gasteiger partial charge in [-0.3, -0.25) is 24.5 Å². The molecule has 0 unspecified atom stereocenters. The van der Waals surface area contributed by atoms with E-state index in [1.54, 1.807) is 25.4 Å². The van der Waals surface area contributed by atoms with Crippen LogP contribution in [0.1, 0.15) is 94.6 Å². The average molecular weight is 742 g/mol. The minimum atomic E-state index is -0.473. The normalized spacial score (nSPS) is 17.6. The van der Waals surface area contributed by atoms with Gasteiger partial charge in [0.05, 0.1) is 34.3 Å². The summed E-state index contributed by atoms with van der Waals surface area (Å²) >= 11 is 12.1. The molecule has 3 atom stereocenters. The fourth-order valence-corrected chi connectivity index (χ4v) is 7.37. The van der Waals surface area contributed by atoms with E-state index in [0.717, 1.165) is 82.9 Å². The fraction of sp³-hybridized carbons (Fsp3) is 0.279. The van der Waals surface area contributed by atoms with Gasteiger partial charge in [-0.25, -0.2) is 0 Å². The Labute approximate surface area is 319 Å². The van der Waals surface area contributed by atoms with Gasteiger partial charge in [-0.05, 0) is 73.4 Å². The molecule has 0 bridgehead atoms. The van der Waals surface area contributed by atoms with Crippen molar-refractivity contribution in [1.82, 2.24) is 20.3 Å². The second-order valence-electron chi connectivity index (χ2n) is 13.5. The lowest BCUT2D eigenvalue weighted by Crippen LogP contribution is -2.41. The third-order valence-corrected chi connectivity index (χ3v) is 10.6. The molecule has 4 aromatic rings. The number of nitriles is 2. The zero-order valence-electron chi connectivity index (χ0n) is 29.4. The van der Waals surface area contributed by atoms with Gasteiger partial charge in [-0.15, -0.1) is 0 Å². The first kappa shape index (κ1) is 37.4. The maximum absolute atomic E-state index is 12.7. The van der Waals surface area contributed by atoms with Crippen molar-refractivity contribution in [2.24, 2.45) is 5.92 Å². The topological polar surface area (TPSA) is 132 Å². The van der Waals surface area contributed by atoms with Gasteiger partial charge in [0, 0.05) is 71.4 Å². The first-order valence-corrected chi connectivity index (χ1v) is 18.5. The number of rotatable bonds is 7. The summed E-state index contributed by atoms with van der Waals surface area (Å²) < 4.78 is 0. The number of carbonyl (C=O) groups excluding carboxylic acids is 2. The van der Waals surface area contributed by atoms with Crippen LogP contribution in [0, 0.1) is 28.6 Å². The third kappa shape index (κ3) is 9.34. The van der Waals surface area contributed by atoms with Gasteiger partial charge in [0.25, 0.3) is 0 Å². The molecule has 266 valence electrons. The smallest absolute Gasteiger partial charge is 0.223 e. The minimum Gasteiger partial charge on any atom is -0.346 e. The average Bonchev–Trinajstić information content (AvgIpc) is 4.02. The number of Topliss-reactive ketones (excluding diaryl/α,β-unsaturated/α-hetero) is 1. The molecule has 1 aromatic carbocycles. The van der Waals surface area contributed by atoms with E-state index in [2.05, 4.69) is 44.5 Å². The molecule has 4 aliphatic rings. The maximum Gasteiger partial charge on any atom is 0.223 e. The number of carbonyl (C=O) groups is 2. The molecule has 8 nitrogen and oxygen atoms in total. The van der Waals surface area contributed by atoms with Gasteiger partial charge in [-0.1, -0.05) is 77.8 Å². The monoisotopic (exact) mass is 740 g/mol. The predicted molar refractivity (Wildman–Crippen MR) is 207 cm³/mol. The Morgan fingerprint density at radius 3 is 2.19 bits per heavy atom. The molecule has 0 aliphatic heterocycles. The molecule has 3 heterocycles. The van der Waals surface area contributed by atoms with Crippen LogP contribution >= 0.6 is 23.2 Å². The van der Waals surface area contributed by atoms with E-state index in [9.17, 15) is 9.59 Å². The Hall–Kier alpha value is -5.41. The van der Waals surface area contributed by atoms with E-state index in [4.69, 9.17) is 33.7 Å². The number of hydrogen-bond acceptors (Lipinski definition) is 7. The SMILES string of the molecule is C[C@H](NC(=O)[C@@H]1CC[C@@H](c2ccccc2)C1)C(=O)CCc1cnc2c(c1)C(Cl)=CC2.N#Cc1cnc2c(c1)C(Cl)=CC2.N#Cc1cnc2c(c1)C=CC2. The van der Waals surface area contributed by atoms with Crippen molar-refractivity contribution in [3.8, 4) is 12.1 Å². The first-order valence-electron chi connectivity index (χ1n) is 17.7. The molecule has 1 N–H and O–H groups in total. The van der Waals surface area contributed by atoms with Gasteiger partial charge in [0.1, 0.15) is 12.1 Å². The molecule has 8 rings (SSSR count). The second kappa shape index (κ2) is 17.4.